The minimum Gasteiger partial charge on any atom is -0.319 e. The lowest BCUT2D eigenvalue weighted by Crippen LogP contribution is -2.09. The Morgan fingerprint density at radius 2 is 2.42 bits per heavy atom. The van der Waals surface area contributed by atoms with E-state index in [-0.39, 0.29) is 5.91 Å². The minimum absolute atomic E-state index is 0.0277. The zero-order valence-corrected chi connectivity index (χ0v) is 12.0. The molecule has 0 saturated carbocycles. The first-order valence-corrected chi connectivity index (χ1v) is 7.35. The number of rotatable bonds is 2. The Balaban J connectivity index is 1.77. The number of thiophene rings is 1. The number of nitrogens with one attached hydrogen (secondary N) is 1. The minimum atomic E-state index is -0.0277. The van der Waals surface area contributed by atoms with Crippen LogP contribution < -0.4 is 5.32 Å². The number of nitrogens with zero attached hydrogens (tertiary/aromatic N) is 2. The van der Waals surface area contributed by atoms with Crippen molar-refractivity contribution < 1.29 is 4.79 Å². The number of fused-ring (bicyclic) bond motifs is 1. The Bertz CT molecular complexity index is 614. The van der Waals surface area contributed by atoms with Gasteiger partial charge in [0, 0.05) is 18.1 Å². The number of carbonyl (C=O) groups is 1. The van der Waals surface area contributed by atoms with Crippen molar-refractivity contribution in [3.05, 3.63) is 33.8 Å². The molecular weight excluding hydrogens is 258 g/mol. The molecule has 2 aromatic heterocycles. The standard InChI is InChI=1S/C14H17N3OS/c1-9-3-4-12-10(5-9)6-13(19-12)14(18)16-11-7-15-17(2)8-11/h6-9H,3-5H2,1-2H3,(H,16,18)/t9-/m1/s1. The van der Waals surface area contributed by atoms with Crippen LogP contribution in [-0.4, -0.2) is 15.7 Å². The van der Waals surface area contributed by atoms with Gasteiger partial charge in [-0.3, -0.25) is 9.48 Å². The van der Waals surface area contributed by atoms with Crippen molar-refractivity contribution in [2.24, 2.45) is 13.0 Å². The Morgan fingerprint density at radius 1 is 1.58 bits per heavy atom. The van der Waals surface area contributed by atoms with Crippen molar-refractivity contribution in [1.29, 1.82) is 0 Å². The maximum Gasteiger partial charge on any atom is 0.265 e. The molecule has 0 spiro atoms. The van der Waals surface area contributed by atoms with E-state index in [1.165, 1.54) is 16.9 Å². The second kappa shape index (κ2) is 4.81. The number of hydrogen-bond donors (Lipinski definition) is 1. The average molecular weight is 275 g/mol. The van der Waals surface area contributed by atoms with Crippen LogP contribution in [0.2, 0.25) is 0 Å². The highest BCUT2D eigenvalue weighted by molar-refractivity contribution is 7.14. The van der Waals surface area contributed by atoms with Crippen molar-refractivity contribution in [2.75, 3.05) is 5.32 Å². The Hall–Kier alpha value is -1.62. The van der Waals surface area contributed by atoms with E-state index >= 15 is 0 Å². The fourth-order valence-electron chi connectivity index (χ4n) is 2.50. The molecule has 1 aliphatic rings. The van der Waals surface area contributed by atoms with Gasteiger partial charge in [0.05, 0.1) is 16.8 Å². The summed E-state index contributed by atoms with van der Waals surface area (Å²) in [5.41, 5.74) is 2.10. The fourth-order valence-corrected chi connectivity index (χ4v) is 3.60. The Labute approximate surface area is 116 Å². The smallest absolute Gasteiger partial charge is 0.265 e. The molecular formula is C14H17N3OS. The quantitative estimate of drug-likeness (QED) is 0.916. The van der Waals surface area contributed by atoms with Crippen LogP contribution in [0.1, 0.15) is 33.5 Å². The van der Waals surface area contributed by atoms with Gasteiger partial charge in [-0.05, 0) is 36.8 Å². The molecule has 0 aliphatic heterocycles. The van der Waals surface area contributed by atoms with Crippen LogP contribution >= 0.6 is 11.3 Å². The first-order chi connectivity index (χ1) is 9.11. The number of amides is 1. The summed E-state index contributed by atoms with van der Waals surface area (Å²) in [6, 6.07) is 2.06. The topological polar surface area (TPSA) is 46.9 Å². The fraction of sp³-hybridized carbons (Fsp3) is 0.429. The third kappa shape index (κ3) is 2.56. The molecule has 0 bridgehead atoms. The molecule has 1 N–H and O–H groups in total. The molecule has 1 amide bonds. The molecule has 0 saturated heterocycles. The summed E-state index contributed by atoms with van der Waals surface area (Å²) in [6.07, 6.45) is 6.91. The van der Waals surface area contributed by atoms with Crippen LogP contribution in [0.15, 0.2) is 18.5 Å². The maximum atomic E-state index is 12.2. The van der Waals surface area contributed by atoms with Crippen LogP contribution in [0.3, 0.4) is 0 Å². The highest BCUT2D eigenvalue weighted by Crippen LogP contribution is 2.32. The van der Waals surface area contributed by atoms with Crippen LogP contribution in [0.25, 0.3) is 0 Å². The van der Waals surface area contributed by atoms with E-state index in [2.05, 4.69) is 23.4 Å². The molecule has 3 rings (SSSR count). The SMILES string of the molecule is C[C@@H]1CCc2sc(C(=O)Nc3cnn(C)c3)cc2C1. The predicted molar refractivity (Wildman–Crippen MR) is 76.7 cm³/mol. The lowest BCUT2D eigenvalue weighted by molar-refractivity contribution is 0.103. The molecule has 5 heteroatoms. The molecule has 19 heavy (non-hydrogen) atoms. The molecule has 0 unspecified atom stereocenters. The van der Waals surface area contributed by atoms with E-state index in [0.717, 1.165) is 29.3 Å². The second-order valence-corrected chi connectivity index (χ2v) is 6.40. The third-order valence-electron chi connectivity index (χ3n) is 3.52. The molecule has 0 radical (unpaired) electrons. The first kappa shape index (κ1) is 12.4. The highest BCUT2D eigenvalue weighted by atomic mass is 32.1. The van der Waals surface area contributed by atoms with Crippen molar-refractivity contribution in [3.63, 3.8) is 0 Å². The second-order valence-electron chi connectivity index (χ2n) is 5.26. The highest BCUT2D eigenvalue weighted by Gasteiger charge is 2.20. The lowest BCUT2D eigenvalue weighted by atomic mass is 9.90. The van der Waals surface area contributed by atoms with Gasteiger partial charge in [-0.25, -0.2) is 0 Å². The molecule has 2 heterocycles. The van der Waals surface area contributed by atoms with Crippen LogP contribution in [0, 0.1) is 5.92 Å². The van der Waals surface area contributed by atoms with Gasteiger partial charge in [0.25, 0.3) is 5.91 Å². The third-order valence-corrected chi connectivity index (χ3v) is 4.75. The first-order valence-electron chi connectivity index (χ1n) is 6.53. The summed E-state index contributed by atoms with van der Waals surface area (Å²) in [7, 11) is 1.83. The Morgan fingerprint density at radius 3 is 3.16 bits per heavy atom. The van der Waals surface area contributed by atoms with Gasteiger partial charge in [0.1, 0.15) is 0 Å². The summed E-state index contributed by atoms with van der Waals surface area (Å²) in [6.45, 7) is 2.27. The summed E-state index contributed by atoms with van der Waals surface area (Å²) < 4.78 is 1.68. The molecule has 2 aromatic rings. The summed E-state index contributed by atoms with van der Waals surface area (Å²) in [4.78, 5) is 14.4. The van der Waals surface area contributed by atoms with Gasteiger partial charge in [-0.1, -0.05) is 6.92 Å². The monoisotopic (exact) mass is 275 g/mol. The van der Waals surface area contributed by atoms with Crippen molar-refractivity contribution in [3.8, 4) is 0 Å². The van der Waals surface area contributed by atoms with E-state index in [1.54, 1.807) is 28.4 Å². The lowest BCUT2D eigenvalue weighted by Gasteiger charge is -2.16. The van der Waals surface area contributed by atoms with Crippen LogP contribution in [0.4, 0.5) is 5.69 Å². The number of anilines is 1. The number of hydrogen-bond acceptors (Lipinski definition) is 3. The van der Waals surface area contributed by atoms with Crippen LogP contribution in [0.5, 0.6) is 0 Å². The normalized spacial score (nSPS) is 18.1. The summed E-state index contributed by atoms with van der Waals surface area (Å²) in [5.74, 6) is 0.705. The number of aryl methyl sites for hydroxylation is 2. The average Bonchev–Trinajstić information content (AvgIpc) is 2.95. The zero-order chi connectivity index (χ0) is 13.4. The molecule has 0 aromatic carbocycles. The van der Waals surface area contributed by atoms with Gasteiger partial charge in [0.2, 0.25) is 0 Å². The van der Waals surface area contributed by atoms with E-state index in [1.807, 2.05) is 7.05 Å². The number of aromatic nitrogens is 2. The maximum absolute atomic E-state index is 12.2. The Kier molecular flexibility index (Phi) is 3.14. The molecule has 0 fully saturated rings. The molecule has 100 valence electrons. The predicted octanol–water partition coefficient (Wildman–Crippen LogP) is 2.86. The van der Waals surface area contributed by atoms with Gasteiger partial charge in [0.15, 0.2) is 0 Å². The van der Waals surface area contributed by atoms with Gasteiger partial charge in [-0.15, -0.1) is 11.3 Å². The summed E-state index contributed by atoms with van der Waals surface area (Å²) >= 11 is 1.63. The molecule has 1 atom stereocenters. The largest absolute Gasteiger partial charge is 0.319 e. The molecule has 1 aliphatic carbocycles. The van der Waals surface area contributed by atoms with Crippen molar-refractivity contribution >= 4 is 22.9 Å². The van der Waals surface area contributed by atoms with E-state index < -0.39 is 0 Å². The van der Waals surface area contributed by atoms with Gasteiger partial charge >= 0.3 is 0 Å². The van der Waals surface area contributed by atoms with Gasteiger partial charge in [-0.2, -0.15) is 5.10 Å². The van der Waals surface area contributed by atoms with Gasteiger partial charge < -0.3 is 5.32 Å². The zero-order valence-electron chi connectivity index (χ0n) is 11.1. The van der Waals surface area contributed by atoms with E-state index in [0.29, 0.717) is 0 Å². The molecule has 4 nitrogen and oxygen atoms in total. The van der Waals surface area contributed by atoms with E-state index in [4.69, 9.17) is 0 Å². The van der Waals surface area contributed by atoms with E-state index in [9.17, 15) is 4.79 Å². The number of carbonyl (C=O) groups excluding carboxylic acids is 1. The van der Waals surface area contributed by atoms with Crippen LogP contribution in [-0.2, 0) is 19.9 Å². The van der Waals surface area contributed by atoms with Crippen molar-refractivity contribution in [1.82, 2.24) is 9.78 Å². The summed E-state index contributed by atoms with van der Waals surface area (Å²) in [5, 5.41) is 6.93. The van der Waals surface area contributed by atoms with Crippen molar-refractivity contribution in [2.45, 2.75) is 26.2 Å².